The molecule has 0 bridgehead atoms. The van der Waals surface area contributed by atoms with Gasteiger partial charge in [0.25, 0.3) is 0 Å². The number of para-hydroxylation sites is 1. The van der Waals surface area contributed by atoms with Crippen LogP contribution in [0.4, 0.5) is 0 Å². The van der Waals surface area contributed by atoms with Crippen LogP contribution in [-0.4, -0.2) is 38.2 Å². The van der Waals surface area contributed by atoms with Crippen LogP contribution in [0, 0.1) is 5.92 Å². The van der Waals surface area contributed by atoms with Crippen molar-refractivity contribution >= 4 is 0 Å². The van der Waals surface area contributed by atoms with Crippen molar-refractivity contribution in [3.05, 3.63) is 29.8 Å². The molecule has 0 spiro atoms. The van der Waals surface area contributed by atoms with E-state index in [4.69, 9.17) is 4.74 Å². The molecular formula is C16H24N2O. The third-order valence-corrected chi connectivity index (χ3v) is 4.46. The normalized spacial score (nSPS) is 24.0. The van der Waals surface area contributed by atoms with Gasteiger partial charge in [0.05, 0.1) is 6.61 Å². The van der Waals surface area contributed by atoms with Crippen molar-refractivity contribution in [3.63, 3.8) is 0 Å². The lowest BCUT2D eigenvalue weighted by molar-refractivity contribution is 0.139. The van der Waals surface area contributed by atoms with Crippen LogP contribution >= 0.6 is 0 Å². The molecule has 2 heterocycles. The first-order chi connectivity index (χ1) is 9.34. The highest BCUT2D eigenvalue weighted by molar-refractivity contribution is 5.37. The highest BCUT2D eigenvalue weighted by Gasteiger charge is 2.26. The molecule has 3 heteroatoms. The Hall–Kier alpha value is -1.06. The van der Waals surface area contributed by atoms with Crippen molar-refractivity contribution in [3.8, 4) is 5.75 Å². The Kier molecular flexibility index (Phi) is 4.04. The van der Waals surface area contributed by atoms with Crippen LogP contribution in [0.2, 0.25) is 0 Å². The zero-order chi connectivity index (χ0) is 13.1. The molecular weight excluding hydrogens is 236 g/mol. The van der Waals surface area contributed by atoms with Crippen molar-refractivity contribution in [1.82, 2.24) is 10.2 Å². The first-order valence-corrected chi connectivity index (χ1v) is 7.47. The van der Waals surface area contributed by atoms with Crippen molar-refractivity contribution in [2.24, 2.45) is 5.92 Å². The van der Waals surface area contributed by atoms with E-state index in [9.17, 15) is 0 Å². The number of hydrogen-bond donors (Lipinski definition) is 1. The number of fused-ring (bicyclic) bond motifs is 1. The van der Waals surface area contributed by atoms with E-state index in [1.807, 2.05) is 0 Å². The molecule has 1 N–H and O–H groups in total. The van der Waals surface area contributed by atoms with Crippen LogP contribution in [0.3, 0.4) is 0 Å². The number of piperidine rings is 1. The first-order valence-electron chi connectivity index (χ1n) is 7.47. The Balaban J connectivity index is 1.68. The number of benzene rings is 1. The van der Waals surface area contributed by atoms with Gasteiger partial charge >= 0.3 is 0 Å². The van der Waals surface area contributed by atoms with E-state index in [-0.39, 0.29) is 0 Å². The van der Waals surface area contributed by atoms with Crippen LogP contribution < -0.4 is 10.1 Å². The Labute approximate surface area is 115 Å². The number of rotatable bonds is 3. The summed E-state index contributed by atoms with van der Waals surface area (Å²) in [6, 6.07) is 9.03. The first kappa shape index (κ1) is 12.9. The van der Waals surface area contributed by atoms with E-state index in [0.717, 1.165) is 24.7 Å². The molecule has 1 unspecified atom stereocenters. The zero-order valence-corrected chi connectivity index (χ0v) is 11.8. The second kappa shape index (κ2) is 5.93. The van der Waals surface area contributed by atoms with Crippen molar-refractivity contribution in [2.75, 3.05) is 33.3 Å². The predicted molar refractivity (Wildman–Crippen MR) is 77.5 cm³/mol. The number of hydrogen-bond acceptors (Lipinski definition) is 3. The van der Waals surface area contributed by atoms with Crippen molar-refractivity contribution < 1.29 is 4.74 Å². The van der Waals surface area contributed by atoms with E-state index in [2.05, 4.69) is 41.5 Å². The van der Waals surface area contributed by atoms with E-state index in [1.165, 1.54) is 38.0 Å². The summed E-state index contributed by atoms with van der Waals surface area (Å²) >= 11 is 0. The van der Waals surface area contributed by atoms with Gasteiger partial charge in [-0.2, -0.15) is 0 Å². The van der Waals surface area contributed by atoms with Crippen LogP contribution in [-0.2, 0) is 0 Å². The second-order valence-electron chi connectivity index (χ2n) is 5.82. The fourth-order valence-electron chi connectivity index (χ4n) is 3.38. The SMILES string of the molecule is CN(CC1CCNCC1)C1CCOc2ccccc21. The van der Waals surface area contributed by atoms with E-state index in [0.29, 0.717) is 6.04 Å². The van der Waals surface area contributed by atoms with Crippen LogP contribution in [0.5, 0.6) is 5.75 Å². The fraction of sp³-hybridized carbons (Fsp3) is 0.625. The molecule has 0 radical (unpaired) electrons. The summed E-state index contributed by atoms with van der Waals surface area (Å²) in [5.74, 6) is 1.93. The molecule has 2 aliphatic heterocycles. The minimum Gasteiger partial charge on any atom is -0.493 e. The topological polar surface area (TPSA) is 24.5 Å². The second-order valence-corrected chi connectivity index (χ2v) is 5.82. The zero-order valence-electron chi connectivity index (χ0n) is 11.8. The molecule has 3 nitrogen and oxygen atoms in total. The summed E-state index contributed by atoms with van der Waals surface area (Å²) in [5, 5.41) is 3.44. The van der Waals surface area contributed by atoms with E-state index >= 15 is 0 Å². The predicted octanol–water partition coefficient (Wildman–Crippen LogP) is 2.44. The van der Waals surface area contributed by atoms with Gasteiger partial charge in [0.15, 0.2) is 0 Å². The molecule has 1 atom stereocenters. The van der Waals surface area contributed by atoms with E-state index < -0.39 is 0 Å². The van der Waals surface area contributed by atoms with Crippen molar-refractivity contribution in [1.29, 1.82) is 0 Å². The lowest BCUT2D eigenvalue weighted by Gasteiger charge is -2.36. The minimum atomic E-state index is 0.528. The molecule has 0 amide bonds. The van der Waals surface area contributed by atoms with E-state index in [1.54, 1.807) is 0 Å². The molecule has 1 aromatic rings. The summed E-state index contributed by atoms with van der Waals surface area (Å²) in [6.45, 7) is 4.42. The monoisotopic (exact) mass is 260 g/mol. The molecule has 0 aliphatic carbocycles. The molecule has 1 aromatic carbocycles. The maximum absolute atomic E-state index is 5.76. The van der Waals surface area contributed by atoms with Crippen LogP contribution in [0.25, 0.3) is 0 Å². The number of ether oxygens (including phenoxy) is 1. The fourth-order valence-corrected chi connectivity index (χ4v) is 3.38. The van der Waals surface area contributed by atoms with Crippen LogP contribution in [0.1, 0.15) is 30.9 Å². The summed E-state index contributed by atoms with van der Waals surface area (Å²) in [7, 11) is 2.27. The molecule has 19 heavy (non-hydrogen) atoms. The van der Waals surface area contributed by atoms with Gasteiger partial charge in [-0.1, -0.05) is 18.2 Å². The lowest BCUT2D eigenvalue weighted by Crippen LogP contribution is -2.37. The highest BCUT2D eigenvalue weighted by atomic mass is 16.5. The van der Waals surface area contributed by atoms with Gasteiger partial charge in [-0.3, -0.25) is 4.90 Å². The smallest absolute Gasteiger partial charge is 0.124 e. The largest absolute Gasteiger partial charge is 0.493 e. The molecule has 2 aliphatic rings. The lowest BCUT2D eigenvalue weighted by atomic mass is 9.94. The maximum Gasteiger partial charge on any atom is 0.124 e. The Bertz CT molecular complexity index is 415. The van der Waals surface area contributed by atoms with Gasteiger partial charge in [0.2, 0.25) is 0 Å². The molecule has 0 aromatic heterocycles. The Morgan fingerprint density at radius 3 is 2.84 bits per heavy atom. The summed E-state index contributed by atoms with van der Waals surface area (Å²) in [5.41, 5.74) is 1.37. The van der Waals surface area contributed by atoms with Crippen molar-refractivity contribution in [2.45, 2.75) is 25.3 Å². The quantitative estimate of drug-likeness (QED) is 0.903. The average molecular weight is 260 g/mol. The third-order valence-electron chi connectivity index (χ3n) is 4.46. The Morgan fingerprint density at radius 2 is 2.00 bits per heavy atom. The summed E-state index contributed by atoms with van der Waals surface area (Å²) in [4.78, 5) is 2.54. The number of nitrogens with one attached hydrogen (secondary N) is 1. The van der Waals surface area contributed by atoms with Gasteiger partial charge in [-0.05, 0) is 45.0 Å². The third kappa shape index (κ3) is 2.93. The summed E-state index contributed by atoms with van der Waals surface area (Å²) < 4.78 is 5.76. The molecule has 3 rings (SSSR count). The number of nitrogens with zero attached hydrogens (tertiary/aromatic N) is 1. The van der Waals surface area contributed by atoms with Gasteiger partial charge in [-0.25, -0.2) is 0 Å². The minimum absolute atomic E-state index is 0.528. The highest BCUT2D eigenvalue weighted by Crippen LogP contribution is 2.35. The average Bonchev–Trinajstić information content (AvgIpc) is 2.47. The van der Waals surface area contributed by atoms with Crippen LogP contribution in [0.15, 0.2) is 24.3 Å². The van der Waals surface area contributed by atoms with Gasteiger partial charge < -0.3 is 10.1 Å². The van der Waals surface area contributed by atoms with Gasteiger partial charge in [0, 0.05) is 24.6 Å². The Morgan fingerprint density at radius 1 is 1.21 bits per heavy atom. The molecule has 1 fully saturated rings. The summed E-state index contributed by atoms with van der Waals surface area (Å²) in [6.07, 6.45) is 3.74. The standard InChI is InChI=1S/C16H24N2O/c1-18(12-13-6-9-17-10-7-13)15-8-11-19-16-5-3-2-4-14(15)16/h2-5,13,15,17H,6-12H2,1H3. The molecule has 1 saturated heterocycles. The molecule has 0 saturated carbocycles. The molecule has 104 valence electrons. The maximum atomic E-state index is 5.76. The van der Waals surface area contributed by atoms with Gasteiger partial charge in [0.1, 0.15) is 5.75 Å². The van der Waals surface area contributed by atoms with Gasteiger partial charge in [-0.15, -0.1) is 0 Å².